The van der Waals surface area contributed by atoms with Gasteiger partial charge in [0, 0.05) is 10.0 Å². The Balaban J connectivity index is 0.000000552. The highest BCUT2D eigenvalue weighted by Gasteiger charge is 2.21. The van der Waals surface area contributed by atoms with Crippen LogP contribution in [-0.2, 0) is 11.3 Å². The molecule has 0 aliphatic heterocycles. The minimum Gasteiger partial charge on any atom is -0.379 e. The summed E-state index contributed by atoms with van der Waals surface area (Å²) in [7, 11) is 0. The van der Waals surface area contributed by atoms with Crippen molar-refractivity contribution in [2.45, 2.75) is 6.54 Å². The number of rotatable bonds is 5. The number of aromatic nitrogens is 4. The summed E-state index contributed by atoms with van der Waals surface area (Å²) in [6.07, 6.45) is 0.181. The largest absolute Gasteiger partial charge is 0.379 e. The minimum absolute atomic E-state index is 0.0491. The molecule has 0 saturated heterocycles. The van der Waals surface area contributed by atoms with Gasteiger partial charge in [-0.25, -0.2) is 15.1 Å². The SMILES string of the molecule is Nc1nonc1-c1nc2ccccc2n1CC(=O)c1ccc(Br)cc1.O=CNO. The van der Waals surface area contributed by atoms with Gasteiger partial charge >= 0.3 is 0 Å². The first-order valence-electron chi connectivity index (χ1n) is 8.21. The number of hydrogen-bond donors (Lipinski definition) is 3. The molecule has 1 amide bonds. The Hall–Kier alpha value is -3.57. The fourth-order valence-electron chi connectivity index (χ4n) is 2.64. The van der Waals surface area contributed by atoms with Crippen LogP contribution < -0.4 is 11.2 Å². The normalized spacial score (nSPS) is 10.3. The number of carbonyl (C=O) groups is 2. The third kappa shape index (κ3) is 4.47. The Morgan fingerprint density at radius 3 is 2.52 bits per heavy atom. The molecule has 11 heteroatoms. The van der Waals surface area contributed by atoms with Crippen molar-refractivity contribution >= 4 is 45.0 Å². The summed E-state index contributed by atoms with van der Waals surface area (Å²) in [5.41, 5.74) is 9.54. The van der Waals surface area contributed by atoms with Crippen LogP contribution >= 0.6 is 15.9 Å². The predicted octanol–water partition coefficient (Wildman–Crippen LogP) is 2.44. The molecule has 2 aromatic carbocycles. The van der Waals surface area contributed by atoms with Crippen LogP contribution in [0.25, 0.3) is 22.6 Å². The molecule has 0 atom stereocenters. The van der Waals surface area contributed by atoms with Crippen molar-refractivity contribution in [2.24, 2.45) is 0 Å². The van der Waals surface area contributed by atoms with Crippen LogP contribution in [0.4, 0.5) is 5.82 Å². The number of imidazole rings is 1. The van der Waals surface area contributed by atoms with Crippen molar-refractivity contribution in [3.05, 3.63) is 58.6 Å². The van der Waals surface area contributed by atoms with E-state index >= 15 is 0 Å². The minimum atomic E-state index is -0.0491. The van der Waals surface area contributed by atoms with E-state index in [0.29, 0.717) is 17.1 Å². The number of ketones is 1. The summed E-state index contributed by atoms with van der Waals surface area (Å²) < 4.78 is 7.37. The van der Waals surface area contributed by atoms with Crippen LogP contribution in [0.15, 0.2) is 57.6 Å². The average Bonchev–Trinajstić information content (AvgIpc) is 3.32. The predicted molar refractivity (Wildman–Crippen MR) is 107 cm³/mol. The monoisotopic (exact) mass is 458 g/mol. The van der Waals surface area contributed by atoms with Gasteiger partial charge < -0.3 is 10.3 Å². The molecule has 10 nitrogen and oxygen atoms in total. The average molecular weight is 459 g/mol. The van der Waals surface area contributed by atoms with E-state index in [1.54, 1.807) is 16.7 Å². The molecule has 0 bridgehead atoms. The zero-order valence-electron chi connectivity index (χ0n) is 14.8. The number of nitrogens with two attached hydrogens (primary N) is 1. The summed E-state index contributed by atoms with van der Waals surface area (Å²) in [4.78, 5) is 26.1. The number of Topliss-reactive ketones (excluding diaryl/α,β-unsaturated/α-hetero) is 1. The van der Waals surface area contributed by atoms with Gasteiger partial charge in [-0.3, -0.25) is 14.8 Å². The number of para-hydroxylation sites is 2. The van der Waals surface area contributed by atoms with Crippen molar-refractivity contribution < 1.29 is 19.4 Å². The van der Waals surface area contributed by atoms with Crippen molar-refractivity contribution in [3.63, 3.8) is 0 Å². The molecule has 148 valence electrons. The third-order valence-corrected chi connectivity index (χ3v) is 4.43. The number of anilines is 1. The zero-order chi connectivity index (χ0) is 20.8. The molecule has 0 saturated carbocycles. The number of benzene rings is 2. The number of fused-ring (bicyclic) bond motifs is 1. The smallest absolute Gasteiger partial charge is 0.230 e. The Morgan fingerprint density at radius 2 is 1.90 bits per heavy atom. The van der Waals surface area contributed by atoms with Crippen LogP contribution in [0.3, 0.4) is 0 Å². The molecule has 2 heterocycles. The number of carbonyl (C=O) groups excluding carboxylic acids is 2. The molecule has 0 aliphatic carbocycles. The first-order chi connectivity index (χ1) is 14.0. The molecule has 4 aromatic rings. The van der Waals surface area contributed by atoms with Gasteiger partial charge in [0.05, 0.1) is 17.6 Å². The number of hydroxylamine groups is 1. The summed E-state index contributed by atoms with van der Waals surface area (Å²) in [5.74, 6) is 0.532. The Kier molecular flexibility index (Phi) is 6.32. The highest BCUT2D eigenvalue weighted by atomic mass is 79.9. The maximum atomic E-state index is 12.7. The maximum Gasteiger partial charge on any atom is 0.230 e. The Labute approximate surface area is 172 Å². The quantitative estimate of drug-likeness (QED) is 0.178. The molecule has 0 radical (unpaired) electrons. The topological polar surface area (TPSA) is 149 Å². The van der Waals surface area contributed by atoms with E-state index in [9.17, 15) is 4.79 Å². The van der Waals surface area contributed by atoms with Crippen molar-refractivity contribution in [2.75, 3.05) is 5.73 Å². The van der Waals surface area contributed by atoms with E-state index in [2.05, 4.69) is 35.9 Å². The fraction of sp³-hybridized carbons (Fsp3) is 0.0556. The highest BCUT2D eigenvalue weighted by molar-refractivity contribution is 9.10. The van der Waals surface area contributed by atoms with Crippen LogP contribution in [0.5, 0.6) is 0 Å². The number of nitrogens with one attached hydrogen (secondary N) is 1. The lowest BCUT2D eigenvalue weighted by Crippen LogP contribution is -2.12. The number of nitrogens with zero attached hydrogens (tertiary/aromatic N) is 4. The van der Waals surface area contributed by atoms with Gasteiger partial charge in [-0.2, -0.15) is 0 Å². The molecular formula is C18H15BrN6O4. The molecular weight excluding hydrogens is 444 g/mol. The van der Waals surface area contributed by atoms with Gasteiger partial charge in [-0.15, -0.1) is 0 Å². The first-order valence-corrected chi connectivity index (χ1v) is 9.00. The van der Waals surface area contributed by atoms with E-state index < -0.39 is 0 Å². The molecule has 0 spiro atoms. The van der Waals surface area contributed by atoms with Gasteiger partial charge in [0.1, 0.15) is 0 Å². The molecule has 4 rings (SSSR count). The second-order valence-electron chi connectivity index (χ2n) is 5.69. The summed E-state index contributed by atoms with van der Waals surface area (Å²) in [5, 5.41) is 14.7. The van der Waals surface area contributed by atoms with Gasteiger partial charge in [0.25, 0.3) is 0 Å². The lowest BCUT2D eigenvalue weighted by molar-refractivity contribution is -0.116. The van der Waals surface area contributed by atoms with E-state index in [-0.39, 0.29) is 24.6 Å². The molecule has 2 aromatic heterocycles. The highest BCUT2D eigenvalue weighted by Crippen LogP contribution is 2.27. The summed E-state index contributed by atoms with van der Waals surface area (Å²) >= 11 is 3.37. The molecule has 0 unspecified atom stereocenters. The van der Waals surface area contributed by atoms with Crippen LogP contribution in [0, 0.1) is 0 Å². The van der Waals surface area contributed by atoms with Gasteiger partial charge in [-0.1, -0.05) is 40.2 Å². The van der Waals surface area contributed by atoms with E-state index in [0.717, 1.165) is 15.5 Å². The van der Waals surface area contributed by atoms with E-state index in [1.165, 1.54) is 5.48 Å². The molecule has 0 fully saturated rings. The third-order valence-electron chi connectivity index (χ3n) is 3.90. The van der Waals surface area contributed by atoms with Gasteiger partial charge in [-0.05, 0) is 34.6 Å². The molecule has 4 N–H and O–H groups in total. The van der Waals surface area contributed by atoms with Crippen molar-refractivity contribution in [1.82, 2.24) is 25.3 Å². The van der Waals surface area contributed by atoms with Crippen LogP contribution in [0.2, 0.25) is 0 Å². The van der Waals surface area contributed by atoms with E-state index in [1.807, 2.05) is 36.4 Å². The zero-order valence-corrected chi connectivity index (χ0v) is 16.4. The van der Waals surface area contributed by atoms with Gasteiger partial charge in [0.2, 0.25) is 6.41 Å². The van der Waals surface area contributed by atoms with Crippen LogP contribution in [-0.4, -0.2) is 37.3 Å². The fourth-order valence-corrected chi connectivity index (χ4v) is 2.90. The van der Waals surface area contributed by atoms with Crippen molar-refractivity contribution in [1.29, 1.82) is 0 Å². The number of amides is 1. The number of halogens is 1. The Morgan fingerprint density at radius 1 is 1.21 bits per heavy atom. The second kappa shape index (κ2) is 9.08. The lowest BCUT2D eigenvalue weighted by atomic mass is 10.1. The molecule has 0 aliphatic rings. The van der Waals surface area contributed by atoms with Crippen molar-refractivity contribution in [3.8, 4) is 11.5 Å². The number of nitrogen functional groups attached to an aromatic ring is 1. The van der Waals surface area contributed by atoms with E-state index in [4.69, 9.17) is 15.7 Å². The van der Waals surface area contributed by atoms with Crippen LogP contribution in [0.1, 0.15) is 10.4 Å². The molecule has 29 heavy (non-hydrogen) atoms. The maximum absolute atomic E-state index is 12.7. The Bertz CT molecular complexity index is 1140. The first kappa shape index (κ1) is 20.2. The summed E-state index contributed by atoms with van der Waals surface area (Å²) in [6.45, 7) is 0.101. The standard InChI is InChI=1S/C17H12BrN5O2.CH3NO2/c18-11-7-5-10(6-8-11)14(24)9-23-13-4-2-1-3-12(13)20-17(23)15-16(19)22-25-21-15;3-1-2-4/h1-8H,9H2,(H2,19,22);1,4H,(H,2,3). The number of hydrogen-bond acceptors (Lipinski definition) is 8. The lowest BCUT2D eigenvalue weighted by Gasteiger charge is -2.07. The summed E-state index contributed by atoms with van der Waals surface area (Å²) in [6, 6.07) is 14.7. The second-order valence-corrected chi connectivity index (χ2v) is 6.60. The van der Waals surface area contributed by atoms with Gasteiger partial charge in [0.15, 0.2) is 23.1 Å².